The molecule has 0 N–H and O–H groups in total. The van der Waals surface area contributed by atoms with Crippen LogP contribution in [0, 0.1) is 0 Å². The van der Waals surface area contributed by atoms with Crippen molar-refractivity contribution in [3.8, 4) is 0 Å². The molecule has 0 radical (unpaired) electrons. The molecule has 0 aromatic heterocycles. The molecule has 58 valence electrons. The molecule has 1 heteroatoms. The molecule has 0 spiro atoms. The number of hydrogen-bond donors (Lipinski definition) is 0. The van der Waals surface area contributed by atoms with Gasteiger partial charge in [0.15, 0.2) is 0 Å². The number of benzene rings is 1. The second kappa shape index (κ2) is 3.53. The molecule has 0 amide bonds. The molecular formula is C10H14Si. The van der Waals surface area contributed by atoms with Crippen LogP contribution < -0.4 is 0 Å². The summed E-state index contributed by atoms with van der Waals surface area (Å²) in [5.41, 5.74) is 1.31. The van der Waals surface area contributed by atoms with Crippen molar-refractivity contribution in [2.24, 2.45) is 0 Å². The Morgan fingerprint density at radius 1 is 1.18 bits per heavy atom. The molecule has 0 atom stereocenters. The first kappa shape index (κ1) is 8.28. The number of rotatable bonds is 2. The van der Waals surface area contributed by atoms with E-state index in [1.807, 2.05) is 6.07 Å². The summed E-state index contributed by atoms with van der Waals surface area (Å²) in [6.07, 6.45) is 0. The van der Waals surface area contributed by atoms with Gasteiger partial charge in [-0.2, -0.15) is 0 Å². The highest BCUT2D eigenvalue weighted by Gasteiger charge is 2.02. The molecule has 1 aromatic carbocycles. The van der Waals surface area contributed by atoms with Crippen LogP contribution in [0.15, 0.2) is 36.9 Å². The fraction of sp³-hybridized carbons (Fsp3) is 0.200. The summed E-state index contributed by atoms with van der Waals surface area (Å²) in [5, 5.41) is 1.35. The summed E-state index contributed by atoms with van der Waals surface area (Å²) in [6.45, 7) is 8.69. The summed E-state index contributed by atoms with van der Waals surface area (Å²) < 4.78 is 0. The van der Waals surface area contributed by atoms with Crippen LogP contribution in [0.25, 0.3) is 5.20 Å². The zero-order valence-electron chi connectivity index (χ0n) is 7.17. The van der Waals surface area contributed by atoms with Crippen LogP contribution in [0.3, 0.4) is 0 Å². The van der Waals surface area contributed by atoms with Crippen molar-refractivity contribution < 1.29 is 0 Å². The Kier molecular flexibility index (Phi) is 2.66. The van der Waals surface area contributed by atoms with Gasteiger partial charge in [0.2, 0.25) is 0 Å². The quantitative estimate of drug-likeness (QED) is 0.587. The predicted octanol–water partition coefficient (Wildman–Crippen LogP) is 2.73. The Hall–Kier alpha value is -0.823. The van der Waals surface area contributed by atoms with Crippen molar-refractivity contribution in [3.63, 3.8) is 0 Å². The Bertz CT molecular complexity index is 236. The van der Waals surface area contributed by atoms with Crippen LogP contribution in [0.5, 0.6) is 0 Å². The molecule has 0 fully saturated rings. The van der Waals surface area contributed by atoms with Gasteiger partial charge in [-0.05, 0) is 5.56 Å². The van der Waals surface area contributed by atoms with Gasteiger partial charge in [0, 0.05) is 0 Å². The van der Waals surface area contributed by atoms with E-state index in [1.54, 1.807) is 0 Å². The highest BCUT2D eigenvalue weighted by Crippen LogP contribution is 2.13. The molecule has 0 aliphatic rings. The van der Waals surface area contributed by atoms with E-state index in [4.69, 9.17) is 0 Å². The zero-order valence-corrected chi connectivity index (χ0v) is 8.33. The Morgan fingerprint density at radius 2 is 1.73 bits per heavy atom. The molecule has 0 heterocycles. The van der Waals surface area contributed by atoms with Crippen molar-refractivity contribution in [2.45, 2.75) is 13.1 Å². The molecule has 1 rings (SSSR count). The lowest BCUT2D eigenvalue weighted by Crippen LogP contribution is -2.02. The first-order chi connectivity index (χ1) is 5.22. The summed E-state index contributed by atoms with van der Waals surface area (Å²) >= 11 is 0. The van der Waals surface area contributed by atoms with E-state index in [0.717, 1.165) is 0 Å². The van der Waals surface area contributed by atoms with Gasteiger partial charge in [0.1, 0.15) is 0 Å². The molecular weight excluding hydrogens is 148 g/mol. The van der Waals surface area contributed by atoms with Crippen molar-refractivity contribution in [1.29, 1.82) is 0 Å². The van der Waals surface area contributed by atoms with Gasteiger partial charge in [0.05, 0.1) is 8.80 Å². The molecule has 0 unspecified atom stereocenters. The van der Waals surface area contributed by atoms with Crippen molar-refractivity contribution in [2.75, 3.05) is 0 Å². The minimum Gasteiger partial charge on any atom is -0.0996 e. The largest absolute Gasteiger partial charge is 0.0996 e. The molecule has 0 saturated heterocycles. The second-order valence-corrected chi connectivity index (χ2v) is 6.05. The van der Waals surface area contributed by atoms with E-state index in [2.05, 4.69) is 43.9 Å². The van der Waals surface area contributed by atoms with Crippen molar-refractivity contribution in [1.82, 2.24) is 0 Å². The standard InChI is InChI=1S/C10H14Si/c1-9(11(2)3)10-7-5-4-6-8-10/h4-8,11H,1H2,2-3H3. The lowest BCUT2D eigenvalue weighted by molar-refractivity contribution is 1.64. The van der Waals surface area contributed by atoms with Crippen LogP contribution in [0.2, 0.25) is 13.1 Å². The third-order valence-electron chi connectivity index (χ3n) is 1.84. The first-order valence-electron chi connectivity index (χ1n) is 3.96. The van der Waals surface area contributed by atoms with Gasteiger partial charge in [0.25, 0.3) is 0 Å². The minimum atomic E-state index is -0.686. The maximum atomic E-state index is 4.09. The van der Waals surface area contributed by atoms with Crippen LogP contribution in [0.1, 0.15) is 5.56 Å². The average molecular weight is 162 g/mol. The third-order valence-corrected chi connectivity index (χ3v) is 3.57. The molecule has 0 bridgehead atoms. The topological polar surface area (TPSA) is 0 Å². The average Bonchev–Trinajstić information content (AvgIpc) is 2.05. The molecule has 11 heavy (non-hydrogen) atoms. The summed E-state index contributed by atoms with van der Waals surface area (Å²) in [4.78, 5) is 0. The third kappa shape index (κ3) is 2.05. The zero-order chi connectivity index (χ0) is 8.27. The summed E-state index contributed by atoms with van der Waals surface area (Å²) in [6, 6.07) is 10.4. The maximum absolute atomic E-state index is 4.09. The number of hydrogen-bond acceptors (Lipinski definition) is 0. The predicted molar refractivity (Wildman–Crippen MR) is 54.4 cm³/mol. The molecule has 0 aliphatic heterocycles. The Labute approximate surface area is 70.2 Å². The Balaban J connectivity index is 2.86. The molecule has 0 saturated carbocycles. The lowest BCUT2D eigenvalue weighted by Gasteiger charge is -2.07. The van der Waals surface area contributed by atoms with Gasteiger partial charge in [-0.25, -0.2) is 0 Å². The maximum Gasteiger partial charge on any atom is 0.0647 e. The van der Waals surface area contributed by atoms with E-state index in [-0.39, 0.29) is 0 Å². The smallest absolute Gasteiger partial charge is 0.0647 e. The van der Waals surface area contributed by atoms with Crippen LogP contribution in [-0.2, 0) is 0 Å². The minimum absolute atomic E-state index is 0.686. The monoisotopic (exact) mass is 162 g/mol. The van der Waals surface area contributed by atoms with E-state index in [9.17, 15) is 0 Å². The fourth-order valence-electron chi connectivity index (χ4n) is 0.986. The highest BCUT2D eigenvalue weighted by atomic mass is 28.3. The van der Waals surface area contributed by atoms with Crippen molar-refractivity contribution >= 4 is 14.0 Å². The van der Waals surface area contributed by atoms with E-state index in [1.165, 1.54) is 10.8 Å². The highest BCUT2D eigenvalue weighted by molar-refractivity contribution is 6.76. The van der Waals surface area contributed by atoms with Gasteiger partial charge in [-0.3, -0.25) is 0 Å². The van der Waals surface area contributed by atoms with E-state index in [0.29, 0.717) is 0 Å². The molecule has 1 aromatic rings. The van der Waals surface area contributed by atoms with Crippen LogP contribution in [-0.4, -0.2) is 8.80 Å². The van der Waals surface area contributed by atoms with Crippen LogP contribution >= 0.6 is 0 Å². The van der Waals surface area contributed by atoms with E-state index < -0.39 is 8.80 Å². The van der Waals surface area contributed by atoms with E-state index >= 15 is 0 Å². The van der Waals surface area contributed by atoms with Crippen LogP contribution in [0.4, 0.5) is 0 Å². The second-order valence-electron chi connectivity index (χ2n) is 3.05. The van der Waals surface area contributed by atoms with Crippen molar-refractivity contribution in [3.05, 3.63) is 42.5 Å². The normalized spacial score (nSPS) is 10.1. The van der Waals surface area contributed by atoms with Gasteiger partial charge in [-0.15, -0.1) is 0 Å². The van der Waals surface area contributed by atoms with Gasteiger partial charge in [-0.1, -0.05) is 55.2 Å². The Morgan fingerprint density at radius 3 is 2.18 bits per heavy atom. The first-order valence-corrected chi connectivity index (χ1v) is 6.84. The SMILES string of the molecule is C=C(c1ccccc1)[SiH](C)C. The lowest BCUT2D eigenvalue weighted by atomic mass is 10.2. The summed E-state index contributed by atoms with van der Waals surface area (Å²) in [5.74, 6) is 0. The summed E-state index contributed by atoms with van der Waals surface area (Å²) in [7, 11) is -0.686. The fourth-order valence-corrected chi connectivity index (χ4v) is 1.84. The van der Waals surface area contributed by atoms with Gasteiger partial charge >= 0.3 is 0 Å². The molecule has 0 nitrogen and oxygen atoms in total. The molecule has 0 aliphatic carbocycles. The van der Waals surface area contributed by atoms with Gasteiger partial charge < -0.3 is 0 Å².